The number of aromatic nitrogens is 2. The summed E-state index contributed by atoms with van der Waals surface area (Å²) in [7, 11) is 0. The zero-order valence-electron chi connectivity index (χ0n) is 16.3. The second-order valence-electron chi connectivity index (χ2n) is 6.60. The van der Waals surface area contributed by atoms with Crippen molar-refractivity contribution >= 4 is 40.9 Å². The van der Waals surface area contributed by atoms with Crippen molar-refractivity contribution in [3.8, 4) is 0 Å². The minimum absolute atomic E-state index is 0.277. The maximum Gasteiger partial charge on any atom is 0.331 e. The maximum absolute atomic E-state index is 12.2. The molecular formula is C22H22ClN3O3. The van der Waals surface area contributed by atoms with Gasteiger partial charge >= 0.3 is 5.97 Å². The van der Waals surface area contributed by atoms with E-state index in [1.807, 2.05) is 42.5 Å². The summed E-state index contributed by atoms with van der Waals surface area (Å²) in [5, 5.41) is 3.09. The van der Waals surface area contributed by atoms with Gasteiger partial charge in [-0.25, -0.2) is 9.78 Å². The van der Waals surface area contributed by atoms with Gasteiger partial charge in [0.05, 0.1) is 5.69 Å². The van der Waals surface area contributed by atoms with Crippen LogP contribution < -0.4 is 5.32 Å². The predicted octanol–water partition coefficient (Wildman–Crippen LogP) is 4.70. The van der Waals surface area contributed by atoms with Crippen molar-refractivity contribution in [3.05, 3.63) is 71.1 Å². The molecule has 1 atom stereocenters. The molecule has 0 aliphatic rings. The number of hydrogen-bond donors (Lipinski definition) is 1. The fraction of sp³-hybridized carbons (Fsp3) is 0.227. The quantitative estimate of drug-likeness (QED) is 0.452. The van der Waals surface area contributed by atoms with Crippen molar-refractivity contribution in [1.82, 2.24) is 9.38 Å². The molecule has 0 aliphatic carbocycles. The van der Waals surface area contributed by atoms with Crippen LogP contribution in [0.4, 0.5) is 5.69 Å². The Morgan fingerprint density at radius 3 is 2.79 bits per heavy atom. The highest BCUT2D eigenvalue weighted by molar-refractivity contribution is 6.31. The van der Waals surface area contributed by atoms with Gasteiger partial charge in [0.15, 0.2) is 11.8 Å². The van der Waals surface area contributed by atoms with Crippen LogP contribution in [0.5, 0.6) is 0 Å². The fourth-order valence-electron chi connectivity index (χ4n) is 2.91. The smallest absolute Gasteiger partial charge is 0.331 e. The second kappa shape index (κ2) is 9.39. The van der Waals surface area contributed by atoms with Crippen LogP contribution in [0.2, 0.25) is 5.15 Å². The Morgan fingerprint density at radius 1 is 1.24 bits per heavy atom. The molecule has 3 aromatic rings. The Morgan fingerprint density at radius 2 is 2.00 bits per heavy atom. The van der Waals surface area contributed by atoms with E-state index < -0.39 is 11.9 Å². The minimum atomic E-state index is -0.641. The summed E-state index contributed by atoms with van der Waals surface area (Å²) in [4.78, 5) is 28.4. The summed E-state index contributed by atoms with van der Waals surface area (Å²) in [5.41, 5.74) is 3.02. The van der Waals surface area contributed by atoms with E-state index in [0.717, 1.165) is 17.7 Å². The number of carbonyl (C=O) groups excluding carboxylic acids is 2. The molecule has 0 saturated heterocycles. The number of nitrogens with one attached hydrogen (secondary N) is 1. The standard InChI is InChI=1S/C22H22ClN3O3/c1-3-15(2)16-8-4-5-9-17(16)24-20(27)14-29-21(28)12-11-18-22(23)25-19-10-6-7-13-26(18)19/h4-13,15H,3,14H2,1-2H3,(H,24,27)/b12-11+/t15-/m1/s1. The zero-order valence-corrected chi connectivity index (χ0v) is 17.0. The van der Waals surface area contributed by atoms with Gasteiger partial charge in [-0.15, -0.1) is 0 Å². The van der Waals surface area contributed by atoms with Gasteiger partial charge in [-0.05, 0) is 42.2 Å². The number of pyridine rings is 1. The average Bonchev–Trinajstić information content (AvgIpc) is 3.05. The number of para-hydroxylation sites is 1. The molecule has 6 nitrogen and oxygen atoms in total. The van der Waals surface area contributed by atoms with Crippen molar-refractivity contribution < 1.29 is 14.3 Å². The van der Waals surface area contributed by atoms with Crippen LogP contribution in [0, 0.1) is 0 Å². The number of imidazole rings is 1. The molecule has 1 amide bonds. The summed E-state index contributed by atoms with van der Waals surface area (Å²) in [6.07, 6.45) is 5.49. The number of rotatable bonds is 7. The largest absolute Gasteiger partial charge is 0.452 e. The molecule has 0 spiro atoms. The van der Waals surface area contributed by atoms with Gasteiger partial charge in [0.1, 0.15) is 5.65 Å². The lowest BCUT2D eigenvalue weighted by Crippen LogP contribution is -2.21. The van der Waals surface area contributed by atoms with Crippen molar-refractivity contribution in [2.24, 2.45) is 0 Å². The molecule has 29 heavy (non-hydrogen) atoms. The van der Waals surface area contributed by atoms with Crippen LogP contribution in [0.25, 0.3) is 11.7 Å². The number of fused-ring (bicyclic) bond motifs is 1. The van der Waals surface area contributed by atoms with E-state index in [9.17, 15) is 9.59 Å². The molecular weight excluding hydrogens is 390 g/mol. The number of halogens is 1. The van der Waals surface area contributed by atoms with Gasteiger partial charge in [-0.2, -0.15) is 0 Å². The third-order valence-corrected chi connectivity index (χ3v) is 4.90. The highest BCUT2D eigenvalue weighted by atomic mass is 35.5. The van der Waals surface area contributed by atoms with Gasteiger partial charge in [0.2, 0.25) is 0 Å². The van der Waals surface area contributed by atoms with Gasteiger partial charge in [-0.1, -0.05) is 49.7 Å². The summed E-state index contributed by atoms with van der Waals surface area (Å²) in [6.45, 7) is 3.81. The number of carbonyl (C=O) groups is 2. The van der Waals surface area contributed by atoms with Crippen LogP contribution in [0.3, 0.4) is 0 Å². The lowest BCUT2D eigenvalue weighted by atomic mass is 9.97. The second-order valence-corrected chi connectivity index (χ2v) is 6.96. The molecule has 0 fully saturated rings. The number of anilines is 1. The molecule has 1 aromatic carbocycles. The minimum Gasteiger partial charge on any atom is -0.452 e. The van der Waals surface area contributed by atoms with Crippen molar-refractivity contribution in [2.75, 3.05) is 11.9 Å². The van der Waals surface area contributed by atoms with E-state index in [-0.39, 0.29) is 11.8 Å². The first-order chi connectivity index (χ1) is 14.0. The number of nitrogens with zero attached hydrogens (tertiary/aromatic N) is 2. The molecule has 0 radical (unpaired) electrons. The van der Waals surface area contributed by atoms with Gasteiger partial charge in [-0.3, -0.25) is 9.20 Å². The molecule has 7 heteroatoms. The summed E-state index contributed by atoms with van der Waals surface area (Å²) in [5.74, 6) is -0.722. The van der Waals surface area contributed by atoms with E-state index in [4.69, 9.17) is 16.3 Å². The highest BCUT2D eigenvalue weighted by Gasteiger charge is 2.12. The molecule has 0 saturated carbocycles. The summed E-state index contributed by atoms with van der Waals surface area (Å²) >= 11 is 6.12. The number of hydrogen-bond acceptors (Lipinski definition) is 4. The lowest BCUT2D eigenvalue weighted by Gasteiger charge is -2.15. The number of amides is 1. The van der Waals surface area contributed by atoms with Crippen LogP contribution >= 0.6 is 11.6 Å². The van der Waals surface area contributed by atoms with Crippen molar-refractivity contribution in [3.63, 3.8) is 0 Å². The Labute approximate surface area is 174 Å². The van der Waals surface area contributed by atoms with E-state index in [1.165, 1.54) is 12.2 Å². The Bertz CT molecular complexity index is 1060. The monoisotopic (exact) mass is 411 g/mol. The van der Waals surface area contributed by atoms with Crippen LogP contribution in [-0.2, 0) is 14.3 Å². The lowest BCUT2D eigenvalue weighted by molar-refractivity contribution is -0.142. The van der Waals surface area contributed by atoms with Gasteiger partial charge in [0, 0.05) is 18.0 Å². The van der Waals surface area contributed by atoms with Crippen LogP contribution in [0.1, 0.15) is 37.4 Å². The first-order valence-corrected chi connectivity index (χ1v) is 9.73. The fourth-order valence-corrected chi connectivity index (χ4v) is 3.15. The topological polar surface area (TPSA) is 72.7 Å². The van der Waals surface area contributed by atoms with E-state index in [2.05, 4.69) is 24.1 Å². The molecule has 1 N–H and O–H groups in total. The Balaban J connectivity index is 1.59. The van der Waals surface area contributed by atoms with Crippen molar-refractivity contribution in [1.29, 1.82) is 0 Å². The first kappa shape index (κ1) is 20.6. The maximum atomic E-state index is 12.2. The third-order valence-electron chi connectivity index (χ3n) is 4.62. The molecule has 0 aliphatic heterocycles. The molecule has 150 valence electrons. The predicted molar refractivity (Wildman–Crippen MR) is 114 cm³/mol. The third kappa shape index (κ3) is 5.03. The molecule has 0 unspecified atom stereocenters. The molecule has 2 aromatic heterocycles. The summed E-state index contributed by atoms with van der Waals surface area (Å²) in [6, 6.07) is 13.1. The Hall–Kier alpha value is -3.12. The molecule has 0 bridgehead atoms. The number of benzene rings is 1. The normalized spacial score (nSPS) is 12.2. The number of esters is 1. The SMILES string of the molecule is CC[C@@H](C)c1ccccc1NC(=O)COC(=O)/C=C/c1c(Cl)nc2ccccn12. The van der Waals surface area contributed by atoms with E-state index >= 15 is 0 Å². The number of ether oxygens (including phenoxy) is 1. The van der Waals surface area contributed by atoms with Crippen LogP contribution in [0.15, 0.2) is 54.7 Å². The first-order valence-electron chi connectivity index (χ1n) is 9.35. The molecule has 2 heterocycles. The highest BCUT2D eigenvalue weighted by Crippen LogP contribution is 2.26. The Kier molecular flexibility index (Phi) is 6.67. The van der Waals surface area contributed by atoms with Gasteiger partial charge < -0.3 is 10.1 Å². The average molecular weight is 412 g/mol. The summed E-state index contributed by atoms with van der Waals surface area (Å²) < 4.78 is 6.80. The zero-order chi connectivity index (χ0) is 20.8. The van der Waals surface area contributed by atoms with Crippen LogP contribution in [-0.4, -0.2) is 27.9 Å². The van der Waals surface area contributed by atoms with Gasteiger partial charge in [0.25, 0.3) is 5.91 Å². The molecule has 3 rings (SSSR count). The van der Waals surface area contributed by atoms with Crippen molar-refractivity contribution in [2.45, 2.75) is 26.2 Å². The van der Waals surface area contributed by atoms with E-state index in [0.29, 0.717) is 17.3 Å². The van der Waals surface area contributed by atoms with E-state index in [1.54, 1.807) is 10.6 Å².